The molecule has 7 nitrogen and oxygen atoms in total. The largest absolute Gasteiger partial charge is 0.351 e. The summed E-state index contributed by atoms with van der Waals surface area (Å²) in [5.74, 6) is -1.36. The second kappa shape index (κ2) is 6.98. The molecular weight excluding hydrogens is 294 g/mol. The van der Waals surface area contributed by atoms with Crippen molar-refractivity contribution in [1.82, 2.24) is 15.5 Å². The van der Waals surface area contributed by atoms with Gasteiger partial charge in [-0.15, -0.1) is 11.3 Å². The molecule has 1 aromatic heterocycles. The average Bonchev–Trinajstić information content (AvgIpc) is 2.96. The van der Waals surface area contributed by atoms with Crippen LogP contribution in [0.3, 0.4) is 0 Å². The number of nitrogens with zero attached hydrogens (tertiary/aromatic N) is 1. The van der Waals surface area contributed by atoms with Crippen LogP contribution < -0.4 is 10.6 Å². The molecule has 8 heteroatoms. The molecule has 0 aliphatic carbocycles. The van der Waals surface area contributed by atoms with Gasteiger partial charge in [-0.2, -0.15) is 0 Å². The number of nitrogens with one attached hydrogen (secondary N) is 2. The van der Waals surface area contributed by atoms with Gasteiger partial charge in [-0.25, -0.2) is 0 Å². The van der Waals surface area contributed by atoms with Gasteiger partial charge in [0.2, 0.25) is 17.7 Å². The van der Waals surface area contributed by atoms with E-state index in [2.05, 4.69) is 10.6 Å². The summed E-state index contributed by atoms with van der Waals surface area (Å²) in [6.07, 6.45) is 0.646. The summed E-state index contributed by atoms with van der Waals surface area (Å²) in [5.41, 5.74) is 0. The molecule has 1 aliphatic heterocycles. The van der Waals surface area contributed by atoms with E-state index in [1.807, 2.05) is 5.38 Å². The Morgan fingerprint density at radius 2 is 2.00 bits per heavy atom. The molecule has 0 unspecified atom stereocenters. The minimum Gasteiger partial charge on any atom is -0.351 e. The molecular formula is C13H15N3O4S. The van der Waals surface area contributed by atoms with Crippen molar-refractivity contribution in [1.29, 1.82) is 0 Å². The minimum atomic E-state index is -0.467. The summed E-state index contributed by atoms with van der Waals surface area (Å²) in [4.78, 5) is 47.7. The highest BCUT2D eigenvalue weighted by atomic mass is 32.1. The Kier molecular flexibility index (Phi) is 5.04. The standard InChI is InChI=1S/C13H15N3O4S/c17-10-7-16(8-11(18)15-10)12(19)4-1-5-14-13(20)9-3-2-6-21-9/h2-3,6H,1,4-5,7-8H2,(H,14,20)(H,15,17,18). The predicted molar refractivity (Wildman–Crippen MR) is 75.6 cm³/mol. The van der Waals surface area contributed by atoms with Crippen molar-refractivity contribution in [2.75, 3.05) is 19.6 Å². The Morgan fingerprint density at radius 3 is 2.62 bits per heavy atom. The lowest BCUT2D eigenvalue weighted by Crippen LogP contribution is -2.53. The van der Waals surface area contributed by atoms with Gasteiger partial charge >= 0.3 is 0 Å². The van der Waals surface area contributed by atoms with Crippen LogP contribution in [0.4, 0.5) is 0 Å². The van der Waals surface area contributed by atoms with E-state index < -0.39 is 11.8 Å². The van der Waals surface area contributed by atoms with Gasteiger partial charge in [-0.1, -0.05) is 6.07 Å². The minimum absolute atomic E-state index is 0.0911. The van der Waals surface area contributed by atoms with Crippen LogP contribution in [0, 0.1) is 0 Å². The fraction of sp³-hybridized carbons (Fsp3) is 0.385. The van der Waals surface area contributed by atoms with Crippen LogP contribution in [0.25, 0.3) is 0 Å². The Labute approximate surface area is 125 Å². The molecule has 1 aromatic rings. The number of rotatable bonds is 5. The second-order valence-corrected chi connectivity index (χ2v) is 5.51. The Balaban J connectivity index is 1.68. The third kappa shape index (κ3) is 4.38. The van der Waals surface area contributed by atoms with Crippen molar-refractivity contribution < 1.29 is 19.2 Å². The number of carbonyl (C=O) groups is 4. The Bertz CT molecular complexity index is 540. The molecule has 0 atom stereocenters. The molecule has 1 aliphatic rings. The van der Waals surface area contributed by atoms with Crippen LogP contribution in [-0.4, -0.2) is 48.2 Å². The van der Waals surface area contributed by atoms with Gasteiger partial charge in [-0.05, 0) is 17.9 Å². The van der Waals surface area contributed by atoms with Crippen LogP contribution in [0.15, 0.2) is 17.5 Å². The summed E-state index contributed by atoms with van der Waals surface area (Å²) >= 11 is 1.35. The summed E-state index contributed by atoms with van der Waals surface area (Å²) < 4.78 is 0. The molecule has 21 heavy (non-hydrogen) atoms. The maximum absolute atomic E-state index is 11.8. The van der Waals surface area contributed by atoms with Gasteiger partial charge in [0.15, 0.2) is 0 Å². The van der Waals surface area contributed by atoms with Crippen molar-refractivity contribution in [3.63, 3.8) is 0 Å². The second-order valence-electron chi connectivity index (χ2n) is 4.56. The van der Waals surface area contributed by atoms with E-state index in [0.29, 0.717) is 17.8 Å². The number of thiophene rings is 1. The Hall–Kier alpha value is -2.22. The first-order valence-corrected chi connectivity index (χ1v) is 7.36. The van der Waals surface area contributed by atoms with Gasteiger partial charge in [0.05, 0.1) is 4.88 Å². The number of hydrogen-bond acceptors (Lipinski definition) is 5. The van der Waals surface area contributed by atoms with Gasteiger partial charge < -0.3 is 10.2 Å². The van der Waals surface area contributed by atoms with Gasteiger partial charge in [0, 0.05) is 13.0 Å². The Morgan fingerprint density at radius 1 is 1.29 bits per heavy atom. The van der Waals surface area contributed by atoms with Crippen LogP contribution >= 0.6 is 11.3 Å². The van der Waals surface area contributed by atoms with Crippen molar-refractivity contribution in [3.05, 3.63) is 22.4 Å². The highest BCUT2D eigenvalue weighted by Gasteiger charge is 2.25. The van der Waals surface area contributed by atoms with Crippen molar-refractivity contribution in [2.24, 2.45) is 0 Å². The van der Waals surface area contributed by atoms with Crippen molar-refractivity contribution in [3.8, 4) is 0 Å². The lowest BCUT2D eigenvalue weighted by molar-refractivity contribution is -0.145. The fourth-order valence-electron chi connectivity index (χ4n) is 1.91. The SMILES string of the molecule is O=C1CN(C(=O)CCCNC(=O)c2cccs2)CC(=O)N1. The summed E-state index contributed by atoms with van der Waals surface area (Å²) in [6.45, 7) is 0.189. The molecule has 2 rings (SSSR count). The van der Waals surface area contributed by atoms with Crippen LogP contribution in [0.2, 0.25) is 0 Å². The van der Waals surface area contributed by atoms with E-state index in [0.717, 1.165) is 0 Å². The van der Waals surface area contributed by atoms with E-state index >= 15 is 0 Å². The third-order valence-corrected chi connectivity index (χ3v) is 3.77. The quantitative estimate of drug-likeness (QED) is 0.579. The van der Waals surface area contributed by atoms with Crippen molar-refractivity contribution >= 4 is 35.0 Å². The average molecular weight is 309 g/mol. The van der Waals surface area contributed by atoms with Crippen LogP contribution in [0.1, 0.15) is 22.5 Å². The van der Waals surface area contributed by atoms with E-state index in [9.17, 15) is 19.2 Å². The van der Waals surface area contributed by atoms with Crippen LogP contribution in [-0.2, 0) is 14.4 Å². The number of carbonyl (C=O) groups excluding carboxylic acids is 4. The maximum atomic E-state index is 11.8. The third-order valence-electron chi connectivity index (χ3n) is 2.90. The highest BCUT2D eigenvalue weighted by molar-refractivity contribution is 7.12. The maximum Gasteiger partial charge on any atom is 0.261 e. The van der Waals surface area contributed by atoms with Gasteiger partial charge in [0.1, 0.15) is 13.1 Å². The van der Waals surface area contributed by atoms with Gasteiger partial charge in [-0.3, -0.25) is 24.5 Å². The molecule has 0 radical (unpaired) electrons. The highest BCUT2D eigenvalue weighted by Crippen LogP contribution is 2.07. The zero-order chi connectivity index (χ0) is 15.2. The lowest BCUT2D eigenvalue weighted by Gasteiger charge is -2.25. The van der Waals surface area contributed by atoms with E-state index in [4.69, 9.17) is 0 Å². The fourth-order valence-corrected chi connectivity index (χ4v) is 2.55. The smallest absolute Gasteiger partial charge is 0.261 e. The topological polar surface area (TPSA) is 95.6 Å². The first kappa shape index (κ1) is 15.2. The monoisotopic (exact) mass is 309 g/mol. The zero-order valence-electron chi connectivity index (χ0n) is 11.3. The molecule has 112 valence electrons. The van der Waals surface area contributed by atoms with Crippen molar-refractivity contribution in [2.45, 2.75) is 12.8 Å². The molecule has 4 amide bonds. The molecule has 1 fully saturated rings. The first-order valence-electron chi connectivity index (χ1n) is 6.48. The number of amides is 4. The molecule has 0 spiro atoms. The van der Waals surface area contributed by atoms with E-state index in [-0.39, 0.29) is 31.3 Å². The van der Waals surface area contributed by atoms with E-state index in [1.165, 1.54) is 16.2 Å². The normalized spacial score (nSPS) is 14.8. The lowest BCUT2D eigenvalue weighted by atomic mass is 10.2. The molecule has 1 saturated heterocycles. The molecule has 2 N–H and O–H groups in total. The summed E-state index contributed by atoms with van der Waals surface area (Å²) in [7, 11) is 0. The predicted octanol–water partition coefficient (Wildman–Crippen LogP) is -0.257. The number of imide groups is 1. The van der Waals surface area contributed by atoms with Crippen LogP contribution in [0.5, 0.6) is 0 Å². The first-order chi connectivity index (χ1) is 10.1. The number of hydrogen-bond donors (Lipinski definition) is 2. The molecule has 0 bridgehead atoms. The van der Waals surface area contributed by atoms with Gasteiger partial charge in [0.25, 0.3) is 5.91 Å². The molecule has 2 heterocycles. The van der Waals surface area contributed by atoms with E-state index in [1.54, 1.807) is 12.1 Å². The zero-order valence-corrected chi connectivity index (χ0v) is 12.1. The summed E-state index contributed by atoms with van der Waals surface area (Å²) in [6, 6.07) is 3.52. The summed E-state index contributed by atoms with van der Waals surface area (Å²) in [5, 5.41) is 6.67. The number of piperazine rings is 1. The molecule has 0 aromatic carbocycles. The molecule has 0 saturated carbocycles.